The smallest absolute Gasteiger partial charge is 0.356 e. The lowest BCUT2D eigenvalue weighted by atomic mass is 9.86. The Hall–Kier alpha value is -2.95. The van der Waals surface area contributed by atoms with Crippen molar-refractivity contribution in [3.63, 3.8) is 0 Å². The zero-order valence-electron chi connectivity index (χ0n) is 16.1. The number of carbonyl (C=O) groups excluding carboxylic acids is 1. The fourth-order valence-electron chi connectivity index (χ4n) is 3.18. The number of hydrogen-bond acceptors (Lipinski definition) is 4. The van der Waals surface area contributed by atoms with Gasteiger partial charge < -0.3 is 5.11 Å². The van der Waals surface area contributed by atoms with Gasteiger partial charge in [0.15, 0.2) is 11.5 Å². The van der Waals surface area contributed by atoms with Crippen LogP contribution in [0.1, 0.15) is 38.8 Å². The Morgan fingerprint density at radius 2 is 1.89 bits per heavy atom. The van der Waals surface area contributed by atoms with Gasteiger partial charge in [0.25, 0.3) is 0 Å². The third-order valence-corrected chi connectivity index (χ3v) is 4.75. The van der Waals surface area contributed by atoms with Crippen LogP contribution in [0.2, 0.25) is 0 Å². The first kappa shape index (κ1) is 18.8. The van der Waals surface area contributed by atoms with Gasteiger partial charge >= 0.3 is 5.97 Å². The number of ketones is 1. The maximum Gasteiger partial charge on any atom is 0.356 e. The van der Waals surface area contributed by atoms with Crippen LogP contribution in [-0.2, 0) is 15.0 Å². The number of rotatable bonds is 3. The molecule has 0 saturated carbocycles. The van der Waals surface area contributed by atoms with Crippen molar-refractivity contribution in [2.24, 2.45) is 5.10 Å². The van der Waals surface area contributed by atoms with E-state index < -0.39 is 12.0 Å². The summed E-state index contributed by atoms with van der Waals surface area (Å²) < 4.78 is 0. The van der Waals surface area contributed by atoms with Crippen molar-refractivity contribution in [1.29, 1.82) is 0 Å². The molecule has 3 rings (SSSR count). The first-order valence-electron chi connectivity index (χ1n) is 8.97. The molecule has 0 radical (unpaired) electrons. The lowest BCUT2D eigenvalue weighted by Crippen LogP contribution is -2.40. The van der Waals surface area contributed by atoms with Crippen LogP contribution in [-0.4, -0.2) is 40.2 Å². The molecule has 0 fully saturated rings. The number of nitrogens with zero attached hydrogens (tertiary/aromatic N) is 2. The number of hydrazone groups is 1. The molecule has 1 aliphatic heterocycles. The second-order valence-corrected chi connectivity index (χ2v) is 7.92. The number of hydrogen-bond donors (Lipinski definition) is 1. The monoisotopic (exact) mass is 364 g/mol. The van der Waals surface area contributed by atoms with Gasteiger partial charge in [-0.05, 0) is 35.1 Å². The highest BCUT2D eigenvalue weighted by Crippen LogP contribution is 2.27. The molecule has 1 N–H and O–H groups in total. The molecule has 1 atom stereocenters. The Morgan fingerprint density at radius 1 is 1.22 bits per heavy atom. The van der Waals surface area contributed by atoms with E-state index in [0.717, 1.165) is 11.1 Å². The van der Waals surface area contributed by atoms with E-state index in [1.807, 2.05) is 43.3 Å². The molecular weight excluding hydrogens is 340 g/mol. The Balaban J connectivity index is 1.90. The number of carboxylic acid groups (broad SMARTS) is 1. The minimum absolute atomic E-state index is 0.0271. The van der Waals surface area contributed by atoms with Crippen LogP contribution in [0.5, 0.6) is 0 Å². The summed E-state index contributed by atoms with van der Waals surface area (Å²) in [6.07, 6.45) is 7.00. The summed E-state index contributed by atoms with van der Waals surface area (Å²) in [5.74, 6) is -1.19. The number of carboxylic acids is 1. The van der Waals surface area contributed by atoms with E-state index in [1.54, 1.807) is 12.2 Å². The van der Waals surface area contributed by atoms with Crippen LogP contribution in [0.4, 0.5) is 0 Å². The van der Waals surface area contributed by atoms with Crippen molar-refractivity contribution in [2.75, 3.05) is 6.54 Å². The standard InChI is InChI=1S/C22H24N2O3/c1-14-5-10-18(19(25)13-14)24-12-11-17(20(23-24)21(26)27)15-6-8-16(9-7-15)22(2,3)4/h5-11,13,18H,12H2,1-4H3,(H,26,27). The van der Waals surface area contributed by atoms with Gasteiger partial charge in [0.05, 0.1) is 6.54 Å². The number of benzene rings is 1. The molecule has 1 unspecified atom stereocenters. The molecule has 0 saturated heterocycles. The Kier molecular flexibility index (Phi) is 4.87. The van der Waals surface area contributed by atoms with E-state index in [0.29, 0.717) is 12.1 Å². The summed E-state index contributed by atoms with van der Waals surface area (Å²) in [4.78, 5) is 24.1. The van der Waals surface area contributed by atoms with E-state index in [9.17, 15) is 14.7 Å². The predicted octanol–water partition coefficient (Wildman–Crippen LogP) is 3.58. The predicted molar refractivity (Wildman–Crippen MR) is 107 cm³/mol. The molecule has 140 valence electrons. The molecule has 5 heteroatoms. The summed E-state index contributed by atoms with van der Waals surface area (Å²) in [6, 6.07) is 7.33. The molecule has 5 nitrogen and oxygen atoms in total. The van der Waals surface area contributed by atoms with Crippen molar-refractivity contribution >= 4 is 23.0 Å². The third kappa shape index (κ3) is 3.92. The van der Waals surface area contributed by atoms with Crippen LogP contribution >= 0.6 is 0 Å². The number of allylic oxidation sites excluding steroid dienone is 2. The fourth-order valence-corrected chi connectivity index (χ4v) is 3.18. The van der Waals surface area contributed by atoms with Gasteiger partial charge in [0, 0.05) is 5.57 Å². The van der Waals surface area contributed by atoms with E-state index >= 15 is 0 Å². The Labute approximate surface area is 159 Å². The van der Waals surface area contributed by atoms with Gasteiger partial charge in [0.1, 0.15) is 6.04 Å². The average Bonchev–Trinajstić information content (AvgIpc) is 2.60. The molecule has 2 aliphatic rings. The summed E-state index contributed by atoms with van der Waals surface area (Å²) in [5.41, 5.74) is 3.43. The zero-order chi connectivity index (χ0) is 19.8. The molecule has 1 aromatic rings. The lowest BCUT2D eigenvalue weighted by Gasteiger charge is -2.29. The summed E-state index contributed by atoms with van der Waals surface area (Å²) in [5, 5.41) is 15.5. The Morgan fingerprint density at radius 3 is 2.44 bits per heavy atom. The van der Waals surface area contributed by atoms with Crippen molar-refractivity contribution in [1.82, 2.24) is 5.01 Å². The van der Waals surface area contributed by atoms with Crippen molar-refractivity contribution < 1.29 is 14.7 Å². The first-order chi connectivity index (χ1) is 12.7. The van der Waals surface area contributed by atoms with Crippen LogP contribution in [0.15, 0.2) is 59.2 Å². The van der Waals surface area contributed by atoms with Crippen LogP contribution in [0.3, 0.4) is 0 Å². The second kappa shape index (κ2) is 6.99. The summed E-state index contributed by atoms with van der Waals surface area (Å²) >= 11 is 0. The lowest BCUT2D eigenvalue weighted by molar-refractivity contribution is -0.129. The molecular formula is C22H24N2O3. The normalized spacial score (nSPS) is 20.1. The number of carbonyl (C=O) groups is 2. The molecule has 0 bridgehead atoms. The molecule has 1 aromatic carbocycles. The topological polar surface area (TPSA) is 70.0 Å². The molecule has 1 aliphatic carbocycles. The summed E-state index contributed by atoms with van der Waals surface area (Å²) in [7, 11) is 0. The fraction of sp³-hybridized carbons (Fsp3) is 0.318. The number of aliphatic carboxylic acids is 1. The summed E-state index contributed by atoms with van der Waals surface area (Å²) in [6.45, 7) is 8.63. The van der Waals surface area contributed by atoms with Crippen molar-refractivity contribution in [3.8, 4) is 0 Å². The minimum Gasteiger partial charge on any atom is -0.476 e. The quantitative estimate of drug-likeness (QED) is 0.890. The van der Waals surface area contributed by atoms with Crippen molar-refractivity contribution in [3.05, 3.63) is 65.3 Å². The van der Waals surface area contributed by atoms with Gasteiger partial charge in [-0.25, -0.2) is 4.79 Å². The molecule has 0 spiro atoms. The van der Waals surface area contributed by atoms with E-state index in [4.69, 9.17) is 0 Å². The minimum atomic E-state index is -1.11. The molecule has 0 amide bonds. The zero-order valence-corrected chi connectivity index (χ0v) is 16.1. The van der Waals surface area contributed by atoms with Crippen LogP contribution in [0.25, 0.3) is 5.57 Å². The SMILES string of the molecule is CC1=CC(=O)C(N2CC=C(c3ccc(C(C)(C)C)cc3)C(C(=O)O)=N2)C=C1. The highest BCUT2D eigenvalue weighted by Gasteiger charge is 2.29. The molecule has 0 aromatic heterocycles. The maximum absolute atomic E-state index is 12.3. The van der Waals surface area contributed by atoms with Gasteiger partial charge in [-0.15, -0.1) is 0 Å². The van der Waals surface area contributed by atoms with Gasteiger partial charge in [-0.2, -0.15) is 5.10 Å². The third-order valence-electron chi connectivity index (χ3n) is 4.75. The van der Waals surface area contributed by atoms with E-state index in [2.05, 4.69) is 25.9 Å². The highest BCUT2D eigenvalue weighted by atomic mass is 16.4. The van der Waals surface area contributed by atoms with E-state index in [-0.39, 0.29) is 16.9 Å². The maximum atomic E-state index is 12.3. The Bertz CT molecular complexity index is 896. The highest BCUT2D eigenvalue weighted by molar-refractivity contribution is 6.53. The molecule has 27 heavy (non-hydrogen) atoms. The largest absolute Gasteiger partial charge is 0.476 e. The van der Waals surface area contributed by atoms with Crippen LogP contribution in [0, 0.1) is 0 Å². The molecule has 1 heterocycles. The average molecular weight is 364 g/mol. The van der Waals surface area contributed by atoms with Gasteiger partial charge in [-0.1, -0.05) is 63.3 Å². The van der Waals surface area contributed by atoms with Gasteiger partial charge in [0.2, 0.25) is 0 Å². The first-order valence-corrected chi connectivity index (χ1v) is 8.97. The van der Waals surface area contributed by atoms with E-state index in [1.165, 1.54) is 10.6 Å². The second-order valence-electron chi connectivity index (χ2n) is 7.92. The van der Waals surface area contributed by atoms with Crippen molar-refractivity contribution in [2.45, 2.75) is 39.2 Å². The van der Waals surface area contributed by atoms with Gasteiger partial charge in [-0.3, -0.25) is 9.80 Å². The van der Waals surface area contributed by atoms with Crippen LogP contribution < -0.4 is 0 Å².